The van der Waals surface area contributed by atoms with E-state index in [1.807, 2.05) is 0 Å². The highest BCUT2D eigenvalue weighted by Crippen LogP contribution is 2.22. The monoisotopic (exact) mass is 301 g/mol. The van der Waals surface area contributed by atoms with Crippen molar-refractivity contribution in [1.29, 1.82) is 0 Å². The van der Waals surface area contributed by atoms with Crippen molar-refractivity contribution in [1.82, 2.24) is 9.62 Å². The van der Waals surface area contributed by atoms with Crippen LogP contribution in [-0.4, -0.2) is 37.8 Å². The van der Waals surface area contributed by atoms with Crippen LogP contribution < -0.4 is 11.1 Å². The smallest absolute Gasteiger partial charge is 0.243 e. The molecule has 0 aromatic heterocycles. The Balaban J connectivity index is 2.42. The second-order valence-corrected chi connectivity index (χ2v) is 6.43. The molecule has 20 heavy (non-hydrogen) atoms. The molecule has 0 aliphatic carbocycles. The van der Waals surface area contributed by atoms with Crippen LogP contribution >= 0.6 is 0 Å². The number of hydrogen-bond donors (Lipinski definition) is 2. The van der Waals surface area contributed by atoms with Crippen molar-refractivity contribution in [2.24, 2.45) is 5.73 Å². The minimum atomic E-state index is -3.84. The van der Waals surface area contributed by atoms with Crippen LogP contribution in [-0.2, 0) is 21.4 Å². The van der Waals surface area contributed by atoms with E-state index in [4.69, 9.17) is 5.73 Å². The lowest BCUT2D eigenvalue weighted by atomic mass is 10.2. The Hall–Kier alpha value is -1.51. The Kier molecular flexibility index (Phi) is 4.07. The van der Waals surface area contributed by atoms with Crippen LogP contribution in [0.3, 0.4) is 0 Å². The molecule has 1 unspecified atom stereocenters. The molecular weight excluding hydrogens is 285 g/mol. The van der Waals surface area contributed by atoms with Gasteiger partial charge >= 0.3 is 0 Å². The predicted molar refractivity (Wildman–Crippen MR) is 70.7 cm³/mol. The van der Waals surface area contributed by atoms with Gasteiger partial charge in [-0.2, -0.15) is 4.31 Å². The third kappa shape index (κ3) is 2.54. The number of carbonyl (C=O) groups excluding carboxylic acids is 1. The summed E-state index contributed by atoms with van der Waals surface area (Å²) < 4.78 is 39.5. The first-order chi connectivity index (χ1) is 9.37. The number of nitrogens with one attached hydrogen (secondary N) is 1. The molecule has 1 aliphatic rings. The number of halogens is 1. The molecule has 1 fully saturated rings. The van der Waals surface area contributed by atoms with Crippen LogP contribution in [0.4, 0.5) is 4.39 Å². The summed E-state index contributed by atoms with van der Waals surface area (Å²) in [5, 5.41) is 2.59. The molecule has 8 heteroatoms. The Bertz CT molecular complexity index is 633. The maximum Gasteiger partial charge on any atom is 0.243 e. The number of nitrogens with zero attached hydrogens (tertiary/aromatic N) is 1. The van der Waals surface area contributed by atoms with E-state index in [0.717, 1.165) is 10.4 Å². The summed E-state index contributed by atoms with van der Waals surface area (Å²) >= 11 is 0. The lowest BCUT2D eigenvalue weighted by Crippen LogP contribution is -2.55. The fourth-order valence-corrected chi connectivity index (χ4v) is 3.74. The summed E-state index contributed by atoms with van der Waals surface area (Å²) in [6.07, 6.45) is 0. The molecule has 1 atom stereocenters. The molecule has 0 radical (unpaired) electrons. The molecule has 0 saturated carbocycles. The second kappa shape index (κ2) is 5.47. The van der Waals surface area contributed by atoms with Gasteiger partial charge in [-0.15, -0.1) is 0 Å². The number of sulfonamides is 1. The van der Waals surface area contributed by atoms with Gasteiger partial charge in [0.25, 0.3) is 0 Å². The van der Waals surface area contributed by atoms with Crippen molar-refractivity contribution < 1.29 is 17.6 Å². The number of amides is 1. The first-order valence-electron chi connectivity index (χ1n) is 6.16. The summed E-state index contributed by atoms with van der Waals surface area (Å²) in [5.41, 5.74) is 5.50. The fourth-order valence-electron chi connectivity index (χ4n) is 2.09. The lowest BCUT2D eigenvalue weighted by Gasteiger charge is -2.31. The van der Waals surface area contributed by atoms with E-state index in [0.29, 0.717) is 0 Å². The molecule has 1 heterocycles. The Morgan fingerprint density at radius 3 is 2.85 bits per heavy atom. The molecule has 2 rings (SSSR count). The number of piperazine rings is 1. The average Bonchev–Trinajstić information content (AvgIpc) is 2.42. The zero-order valence-electron chi connectivity index (χ0n) is 11.0. The van der Waals surface area contributed by atoms with Gasteiger partial charge in [-0.25, -0.2) is 12.8 Å². The molecule has 1 saturated heterocycles. The molecule has 1 aromatic carbocycles. The highest BCUT2D eigenvalue weighted by Gasteiger charge is 2.35. The van der Waals surface area contributed by atoms with Crippen molar-refractivity contribution in [2.45, 2.75) is 24.4 Å². The summed E-state index contributed by atoms with van der Waals surface area (Å²) in [4.78, 5) is 11.5. The van der Waals surface area contributed by atoms with Gasteiger partial charge in [0.2, 0.25) is 15.9 Å². The first-order valence-corrected chi connectivity index (χ1v) is 7.60. The van der Waals surface area contributed by atoms with Gasteiger partial charge in [0, 0.05) is 25.2 Å². The van der Waals surface area contributed by atoms with Gasteiger partial charge in [0.15, 0.2) is 0 Å². The lowest BCUT2D eigenvalue weighted by molar-refractivity contribution is -0.126. The van der Waals surface area contributed by atoms with E-state index >= 15 is 0 Å². The van der Waals surface area contributed by atoms with Crippen molar-refractivity contribution in [3.8, 4) is 0 Å². The Morgan fingerprint density at radius 2 is 2.20 bits per heavy atom. The maximum atomic E-state index is 13.4. The quantitative estimate of drug-likeness (QED) is 0.808. The van der Waals surface area contributed by atoms with Crippen molar-refractivity contribution in [3.05, 3.63) is 29.6 Å². The molecule has 0 bridgehead atoms. The minimum Gasteiger partial charge on any atom is -0.353 e. The van der Waals surface area contributed by atoms with E-state index in [1.165, 1.54) is 19.1 Å². The third-order valence-corrected chi connectivity index (χ3v) is 5.25. The van der Waals surface area contributed by atoms with Crippen LogP contribution in [0.1, 0.15) is 12.5 Å². The number of carbonyl (C=O) groups is 1. The van der Waals surface area contributed by atoms with Crippen LogP contribution in [0.15, 0.2) is 23.1 Å². The normalized spacial score (nSPS) is 20.8. The highest BCUT2D eigenvalue weighted by atomic mass is 32.2. The van der Waals surface area contributed by atoms with Crippen molar-refractivity contribution >= 4 is 15.9 Å². The number of benzene rings is 1. The zero-order chi connectivity index (χ0) is 14.9. The average molecular weight is 301 g/mol. The van der Waals surface area contributed by atoms with Gasteiger partial charge < -0.3 is 11.1 Å². The molecule has 3 N–H and O–H groups in total. The zero-order valence-corrected chi connectivity index (χ0v) is 11.8. The summed E-state index contributed by atoms with van der Waals surface area (Å²) in [6.45, 7) is 1.86. The predicted octanol–water partition coefficient (Wildman–Crippen LogP) is -0.207. The Morgan fingerprint density at radius 1 is 1.50 bits per heavy atom. The van der Waals surface area contributed by atoms with Crippen molar-refractivity contribution in [2.75, 3.05) is 13.1 Å². The van der Waals surface area contributed by atoms with Crippen LogP contribution in [0.5, 0.6) is 0 Å². The number of hydrogen-bond acceptors (Lipinski definition) is 4. The van der Waals surface area contributed by atoms with E-state index in [9.17, 15) is 17.6 Å². The van der Waals surface area contributed by atoms with Crippen LogP contribution in [0.25, 0.3) is 0 Å². The van der Waals surface area contributed by atoms with E-state index in [1.54, 1.807) is 0 Å². The van der Waals surface area contributed by atoms with Gasteiger partial charge in [-0.1, -0.05) is 0 Å². The van der Waals surface area contributed by atoms with Crippen LogP contribution in [0.2, 0.25) is 0 Å². The largest absolute Gasteiger partial charge is 0.353 e. The third-order valence-electron chi connectivity index (χ3n) is 3.29. The molecule has 1 amide bonds. The van der Waals surface area contributed by atoms with Crippen molar-refractivity contribution in [3.63, 3.8) is 0 Å². The summed E-state index contributed by atoms with van der Waals surface area (Å²) in [6, 6.07) is 2.68. The highest BCUT2D eigenvalue weighted by molar-refractivity contribution is 7.89. The number of nitrogens with two attached hydrogens (primary N) is 1. The SMILES string of the molecule is CC1C(=O)NCCN1S(=O)(=O)c1ccc(F)c(CN)c1. The van der Waals surface area contributed by atoms with E-state index in [-0.39, 0.29) is 36.0 Å². The molecule has 0 spiro atoms. The van der Waals surface area contributed by atoms with Crippen LogP contribution in [0, 0.1) is 5.82 Å². The maximum absolute atomic E-state index is 13.4. The summed E-state index contributed by atoms with van der Waals surface area (Å²) in [5.74, 6) is -0.892. The molecule has 110 valence electrons. The summed E-state index contributed by atoms with van der Waals surface area (Å²) in [7, 11) is -3.84. The second-order valence-electron chi connectivity index (χ2n) is 4.54. The number of rotatable bonds is 3. The topological polar surface area (TPSA) is 92.5 Å². The molecular formula is C12H16FN3O3S. The standard InChI is InChI=1S/C12H16FN3O3S/c1-8-12(17)15-4-5-16(8)20(18,19)10-2-3-11(13)9(6-10)7-14/h2-3,6,8H,4-5,7,14H2,1H3,(H,15,17). The van der Waals surface area contributed by atoms with Gasteiger partial charge in [0.05, 0.1) is 4.90 Å². The van der Waals surface area contributed by atoms with Gasteiger partial charge in [-0.05, 0) is 25.1 Å². The minimum absolute atomic E-state index is 0.0547. The van der Waals surface area contributed by atoms with Gasteiger partial charge in [0.1, 0.15) is 11.9 Å². The molecule has 1 aliphatic heterocycles. The fraction of sp³-hybridized carbons (Fsp3) is 0.417. The van der Waals surface area contributed by atoms with E-state index < -0.39 is 21.9 Å². The molecule has 6 nitrogen and oxygen atoms in total. The van der Waals surface area contributed by atoms with E-state index in [2.05, 4.69) is 5.32 Å². The Labute approximate surface area is 116 Å². The first kappa shape index (κ1) is 14.9. The van der Waals surface area contributed by atoms with Gasteiger partial charge in [-0.3, -0.25) is 4.79 Å². The molecule has 1 aromatic rings.